The molecular formula is C19H12FNO3. The normalized spacial score (nSPS) is 14.8. The van der Waals surface area contributed by atoms with Gasteiger partial charge < -0.3 is 14.8 Å². The fraction of sp³-hybridized carbons (Fsp3) is 0.105. The van der Waals surface area contributed by atoms with Crippen LogP contribution in [0.25, 0.3) is 21.9 Å². The number of benzene rings is 3. The van der Waals surface area contributed by atoms with Crippen LogP contribution in [0.15, 0.2) is 42.5 Å². The summed E-state index contributed by atoms with van der Waals surface area (Å²) in [6.07, 6.45) is 0. The first-order valence-corrected chi connectivity index (χ1v) is 7.65. The number of nitrogens with one attached hydrogen (secondary N) is 1. The second-order valence-electron chi connectivity index (χ2n) is 5.86. The lowest BCUT2D eigenvalue weighted by molar-refractivity contribution is 0.0966. The van der Waals surface area contributed by atoms with E-state index in [1.165, 1.54) is 12.1 Å². The van der Waals surface area contributed by atoms with Gasteiger partial charge in [0.1, 0.15) is 5.82 Å². The molecule has 0 saturated heterocycles. The van der Waals surface area contributed by atoms with E-state index in [9.17, 15) is 9.18 Å². The van der Waals surface area contributed by atoms with Gasteiger partial charge in [0.05, 0.1) is 0 Å². The van der Waals surface area contributed by atoms with Crippen LogP contribution in [0, 0.1) is 5.82 Å². The molecule has 2 aliphatic rings. The van der Waals surface area contributed by atoms with E-state index in [-0.39, 0.29) is 18.5 Å². The van der Waals surface area contributed by atoms with Gasteiger partial charge in [-0.05, 0) is 46.3 Å². The summed E-state index contributed by atoms with van der Waals surface area (Å²) in [5, 5.41) is 4.66. The summed E-state index contributed by atoms with van der Waals surface area (Å²) in [5.41, 5.74) is 3.30. The monoisotopic (exact) mass is 321 g/mol. The average Bonchev–Trinajstić information content (AvgIpc) is 3.21. The Morgan fingerprint density at radius 3 is 2.71 bits per heavy atom. The van der Waals surface area contributed by atoms with E-state index in [1.54, 1.807) is 12.1 Å². The standard InChI is InChI=1S/C19H12FNO3/c20-12-4-1-10(2-5-12)16-14-8-21-19(22)13(14)7-11-3-6-15-18(17(11)16)24-9-23-15/h1-7H,8-9H2,(H,21,22). The summed E-state index contributed by atoms with van der Waals surface area (Å²) in [7, 11) is 0. The molecule has 0 fully saturated rings. The largest absolute Gasteiger partial charge is 0.454 e. The van der Waals surface area contributed by atoms with Gasteiger partial charge in [0.25, 0.3) is 5.91 Å². The number of fused-ring (bicyclic) bond motifs is 4. The number of rotatable bonds is 1. The predicted octanol–water partition coefficient (Wildman–Crippen LogP) is 3.62. The topological polar surface area (TPSA) is 47.6 Å². The van der Waals surface area contributed by atoms with E-state index in [0.717, 1.165) is 27.5 Å². The number of halogens is 1. The molecule has 0 spiro atoms. The maximum absolute atomic E-state index is 13.4. The third-order valence-corrected chi connectivity index (χ3v) is 4.55. The highest BCUT2D eigenvalue weighted by atomic mass is 19.1. The lowest BCUT2D eigenvalue weighted by Crippen LogP contribution is -2.12. The molecule has 5 heteroatoms. The Morgan fingerprint density at radius 1 is 1.04 bits per heavy atom. The molecule has 24 heavy (non-hydrogen) atoms. The highest BCUT2D eigenvalue weighted by Gasteiger charge is 2.28. The third-order valence-electron chi connectivity index (χ3n) is 4.55. The van der Waals surface area contributed by atoms with Crippen LogP contribution in [0.2, 0.25) is 0 Å². The molecule has 0 unspecified atom stereocenters. The molecule has 3 aromatic carbocycles. The van der Waals surface area contributed by atoms with Gasteiger partial charge in [-0.1, -0.05) is 18.2 Å². The van der Waals surface area contributed by atoms with Crippen molar-refractivity contribution in [2.24, 2.45) is 0 Å². The Kier molecular flexibility index (Phi) is 2.62. The van der Waals surface area contributed by atoms with E-state index >= 15 is 0 Å². The fourth-order valence-corrected chi connectivity index (χ4v) is 3.48. The van der Waals surface area contributed by atoms with Crippen LogP contribution in [0.5, 0.6) is 11.5 Å². The van der Waals surface area contributed by atoms with Crippen LogP contribution in [-0.2, 0) is 6.54 Å². The van der Waals surface area contributed by atoms with E-state index in [2.05, 4.69) is 5.32 Å². The van der Waals surface area contributed by atoms with Gasteiger partial charge in [-0.25, -0.2) is 4.39 Å². The third kappa shape index (κ3) is 1.75. The first-order chi connectivity index (χ1) is 11.7. The maximum atomic E-state index is 13.4. The minimum atomic E-state index is -0.297. The van der Waals surface area contributed by atoms with Gasteiger partial charge in [0.2, 0.25) is 6.79 Å². The van der Waals surface area contributed by atoms with Gasteiger partial charge in [0.15, 0.2) is 11.5 Å². The minimum absolute atomic E-state index is 0.0899. The summed E-state index contributed by atoms with van der Waals surface area (Å²) in [4.78, 5) is 12.2. The van der Waals surface area contributed by atoms with E-state index < -0.39 is 0 Å². The molecule has 5 rings (SSSR count). The van der Waals surface area contributed by atoms with Crippen LogP contribution in [0.3, 0.4) is 0 Å². The molecule has 0 bridgehead atoms. The van der Waals surface area contributed by atoms with Crippen molar-refractivity contribution in [3.05, 3.63) is 59.4 Å². The van der Waals surface area contributed by atoms with Crippen LogP contribution in [-0.4, -0.2) is 12.7 Å². The van der Waals surface area contributed by atoms with Gasteiger partial charge in [0, 0.05) is 17.5 Å². The quantitative estimate of drug-likeness (QED) is 0.745. The number of carbonyl (C=O) groups is 1. The lowest BCUT2D eigenvalue weighted by Gasteiger charge is -2.14. The molecule has 118 valence electrons. The van der Waals surface area contributed by atoms with Crippen LogP contribution in [0.4, 0.5) is 4.39 Å². The molecule has 0 aromatic heterocycles. The molecule has 0 atom stereocenters. The maximum Gasteiger partial charge on any atom is 0.251 e. The van der Waals surface area contributed by atoms with Gasteiger partial charge in [-0.15, -0.1) is 0 Å². The van der Waals surface area contributed by atoms with Gasteiger partial charge >= 0.3 is 0 Å². The zero-order chi connectivity index (χ0) is 16.3. The Bertz CT molecular complexity index is 1010. The summed E-state index contributed by atoms with van der Waals surface area (Å²) >= 11 is 0. The Hall–Kier alpha value is -3.08. The molecule has 4 nitrogen and oxygen atoms in total. The van der Waals surface area contributed by atoms with Gasteiger partial charge in [-0.2, -0.15) is 0 Å². The van der Waals surface area contributed by atoms with Crippen molar-refractivity contribution in [2.75, 3.05) is 6.79 Å². The molecule has 1 amide bonds. The molecule has 0 radical (unpaired) electrons. The van der Waals surface area contributed by atoms with E-state index in [1.807, 2.05) is 18.2 Å². The number of amides is 1. The molecule has 3 aromatic rings. The smallest absolute Gasteiger partial charge is 0.251 e. The average molecular weight is 321 g/mol. The molecule has 0 aliphatic carbocycles. The van der Waals surface area contributed by atoms with Crippen LogP contribution >= 0.6 is 0 Å². The van der Waals surface area contributed by atoms with Crippen molar-refractivity contribution in [2.45, 2.75) is 6.54 Å². The number of ether oxygens (including phenoxy) is 2. The Labute approximate surface area is 136 Å². The van der Waals surface area contributed by atoms with Crippen molar-refractivity contribution in [3.8, 4) is 22.6 Å². The van der Waals surface area contributed by atoms with E-state index in [0.29, 0.717) is 23.6 Å². The number of hydrogen-bond donors (Lipinski definition) is 1. The first-order valence-electron chi connectivity index (χ1n) is 7.65. The first kappa shape index (κ1) is 13.4. The Morgan fingerprint density at radius 2 is 1.88 bits per heavy atom. The Balaban J connectivity index is 1.93. The van der Waals surface area contributed by atoms with E-state index in [4.69, 9.17) is 9.47 Å². The minimum Gasteiger partial charge on any atom is -0.454 e. The lowest BCUT2D eigenvalue weighted by atomic mass is 9.90. The SMILES string of the molecule is O=C1NCc2c1cc1ccc3c(c1c2-c1ccc(F)cc1)OCO3. The van der Waals surface area contributed by atoms with Crippen molar-refractivity contribution in [1.29, 1.82) is 0 Å². The summed E-state index contributed by atoms with van der Waals surface area (Å²) < 4.78 is 24.5. The number of hydrogen-bond acceptors (Lipinski definition) is 3. The second kappa shape index (κ2) is 4.71. The second-order valence-corrected chi connectivity index (χ2v) is 5.86. The zero-order valence-electron chi connectivity index (χ0n) is 12.6. The van der Waals surface area contributed by atoms with Crippen LogP contribution < -0.4 is 14.8 Å². The summed E-state index contributed by atoms with van der Waals surface area (Å²) in [5.74, 6) is 0.972. The van der Waals surface area contributed by atoms with Gasteiger partial charge in [-0.3, -0.25) is 4.79 Å². The van der Waals surface area contributed by atoms with Crippen molar-refractivity contribution in [3.63, 3.8) is 0 Å². The number of carbonyl (C=O) groups excluding carboxylic acids is 1. The fourth-order valence-electron chi connectivity index (χ4n) is 3.48. The zero-order valence-corrected chi connectivity index (χ0v) is 12.6. The van der Waals surface area contributed by atoms with Crippen LogP contribution in [0.1, 0.15) is 15.9 Å². The van der Waals surface area contributed by atoms with Crippen molar-refractivity contribution < 1.29 is 18.7 Å². The van der Waals surface area contributed by atoms with Crippen molar-refractivity contribution >= 4 is 16.7 Å². The summed E-state index contributed by atoms with van der Waals surface area (Å²) in [6, 6.07) is 11.9. The van der Waals surface area contributed by atoms with Crippen molar-refractivity contribution in [1.82, 2.24) is 5.32 Å². The molecule has 2 heterocycles. The highest BCUT2D eigenvalue weighted by Crippen LogP contribution is 2.46. The molecule has 1 N–H and O–H groups in total. The molecule has 0 saturated carbocycles. The summed E-state index contributed by atoms with van der Waals surface area (Å²) in [6.45, 7) is 0.618. The molecule has 2 aliphatic heterocycles. The molecular weight excluding hydrogens is 309 g/mol. The highest BCUT2D eigenvalue weighted by molar-refractivity contribution is 6.11. The predicted molar refractivity (Wildman–Crippen MR) is 86.6 cm³/mol.